The normalized spacial score (nSPS) is 17.9. The summed E-state index contributed by atoms with van der Waals surface area (Å²) in [6, 6.07) is 2.00. The van der Waals surface area contributed by atoms with Gasteiger partial charge in [-0.15, -0.1) is 0 Å². The minimum atomic E-state index is -1.06. The summed E-state index contributed by atoms with van der Waals surface area (Å²) in [7, 11) is 1.06. The molecule has 0 radical (unpaired) electrons. The van der Waals surface area contributed by atoms with E-state index in [4.69, 9.17) is 4.74 Å². The number of methoxy groups -OCH3 is 1. The summed E-state index contributed by atoms with van der Waals surface area (Å²) >= 11 is 0. The first kappa shape index (κ1) is 19.9. The van der Waals surface area contributed by atoms with Crippen LogP contribution >= 0.6 is 0 Å². The van der Waals surface area contributed by atoms with E-state index in [0.717, 1.165) is 19.2 Å². The van der Waals surface area contributed by atoms with Gasteiger partial charge in [0.1, 0.15) is 22.8 Å². The fourth-order valence-electron chi connectivity index (χ4n) is 2.82. The van der Waals surface area contributed by atoms with Crippen molar-refractivity contribution in [3.8, 4) is 0 Å². The number of piperazine rings is 1. The Morgan fingerprint density at radius 2 is 1.73 bits per heavy atom. The fraction of sp³-hybridized carbons (Fsp3) is 0.556. The Morgan fingerprint density at radius 1 is 1.15 bits per heavy atom. The standard InChI is InChI=1S/C18H24F2N2O4/c1-11-10-21(6-7-22(11)17(24)26-18(2,3)4)12-8-13(19)15(14(20)9-12)16(23)25-5/h8-9,11H,6-7,10H2,1-5H3/t11-/m1/s1. The Bertz CT molecular complexity index is 680. The average Bonchev–Trinajstić information content (AvgIpc) is 2.51. The van der Waals surface area contributed by atoms with E-state index in [0.29, 0.717) is 25.3 Å². The van der Waals surface area contributed by atoms with E-state index in [1.54, 1.807) is 30.6 Å². The van der Waals surface area contributed by atoms with Gasteiger partial charge < -0.3 is 19.3 Å². The molecule has 1 saturated heterocycles. The summed E-state index contributed by atoms with van der Waals surface area (Å²) in [5.74, 6) is -3.02. The molecule has 2 rings (SSSR count). The number of carbonyl (C=O) groups excluding carboxylic acids is 2. The SMILES string of the molecule is COC(=O)c1c(F)cc(N2CCN(C(=O)OC(C)(C)C)[C@H](C)C2)cc1F. The van der Waals surface area contributed by atoms with Gasteiger partial charge in [0, 0.05) is 31.4 Å². The second kappa shape index (κ2) is 7.47. The van der Waals surface area contributed by atoms with E-state index >= 15 is 0 Å². The maximum atomic E-state index is 14.1. The zero-order valence-electron chi connectivity index (χ0n) is 15.6. The molecular weight excluding hydrogens is 346 g/mol. The number of hydrogen-bond acceptors (Lipinski definition) is 5. The van der Waals surface area contributed by atoms with Crippen molar-refractivity contribution < 1.29 is 27.8 Å². The monoisotopic (exact) mass is 370 g/mol. The highest BCUT2D eigenvalue weighted by Gasteiger charge is 2.31. The molecule has 1 aliphatic heterocycles. The summed E-state index contributed by atoms with van der Waals surface area (Å²) in [6.45, 7) is 8.35. The fourth-order valence-corrected chi connectivity index (χ4v) is 2.82. The van der Waals surface area contributed by atoms with Crippen LogP contribution in [-0.4, -0.2) is 55.3 Å². The number of halogens is 2. The number of hydrogen-bond donors (Lipinski definition) is 0. The number of rotatable bonds is 2. The van der Waals surface area contributed by atoms with Crippen molar-refractivity contribution in [2.24, 2.45) is 0 Å². The number of ether oxygens (including phenoxy) is 2. The van der Waals surface area contributed by atoms with Crippen molar-refractivity contribution in [2.75, 3.05) is 31.6 Å². The molecule has 0 N–H and O–H groups in total. The van der Waals surface area contributed by atoms with Gasteiger partial charge in [-0.1, -0.05) is 0 Å². The van der Waals surface area contributed by atoms with Crippen LogP contribution in [0.4, 0.5) is 19.3 Å². The zero-order chi connectivity index (χ0) is 19.6. The topological polar surface area (TPSA) is 59.1 Å². The minimum Gasteiger partial charge on any atom is -0.465 e. The van der Waals surface area contributed by atoms with Crippen LogP contribution in [0.3, 0.4) is 0 Å². The molecule has 1 aromatic carbocycles. The summed E-state index contributed by atoms with van der Waals surface area (Å²) in [5, 5.41) is 0. The lowest BCUT2D eigenvalue weighted by molar-refractivity contribution is 0.0158. The highest BCUT2D eigenvalue weighted by Crippen LogP contribution is 2.25. The molecule has 1 aromatic rings. The minimum absolute atomic E-state index is 0.204. The van der Waals surface area contributed by atoms with Crippen molar-refractivity contribution in [1.29, 1.82) is 0 Å². The second-order valence-corrected chi connectivity index (χ2v) is 7.24. The van der Waals surface area contributed by atoms with Crippen molar-refractivity contribution in [3.05, 3.63) is 29.3 Å². The molecule has 0 aromatic heterocycles. The van der Waals surface area contributed by atoms with Gasteiger partial charge >= 0.3 is 12.1 Å². The van der Waals surface area contributed by atoms with Gasteiger partial charge in [-0.05, 0) is 39.8 Å². The lowest BCUT2D eigenvalue weighted by Gasteiger charge is -2.41. The quantitative estimate of drug-likeness (QED) is 0.749. The van der Waals surface area contributed by atoms with Gasteiger partial charge in [0.15, 0.2) is 0 Å². The van der Waals surface area contributed by atoms with Crippen molar-refractivity contribution in [2.45, 2.75) is 39.3 Å². The van der Waals surface area contributed by atoms with Crippen molar-refractivity contribution in [1.82, 2.24) is 4.90 Å². The summed E-state index contributed by atoms with van der Waals surface area (Å²) < 4.78 is 38.0. The predicted octanol–water partition coefficient (Wildman–Crippen LogP) is 3.20. The molecule has 0 spiro atoms. The van der Waals surface area contributed by atoms with Crippen LogP contribution in [0.15, 0.2) is 12.1 Å². The van der Waals surface area contributed by atoms with Gasteiger partial charge in [-0.3, -0.25) is 0 Å². The Balaban J connectivity index is 2.14. The summed E-state index contributed by atoms with van der Waals surface area (Å²) in [5.41, 5.74) is -0.996. The zero-order valence-corrected chi connectivity index (χ0v) is 15.6. The third-order valence-corrected chi connectivity index (χ3v) is 4.04. The molecule has 1 aliphatic rings. The van der Waals surface area contributed by atoms with Crippen LogP contribution in [0.1, 0.15) is 38.1 Å². The van der Waals surface area contributed by atoms with E-state index in [2.05, 4.69) is 4.74 Å². The van der Waals surface area contributed by atoms with Crippen molar-refractivity contribution in [3.63, 3.8) is 0 Å². The number of amides is 1. The van der Waals surface area contributed by atoms with E-state index < -0.39 is 34.9 Å². The third kappa shape index (κ3) is 4.42. The maximum Gasteiger partial charge on any atom is 0.410 e. The highest BCUT2D eigenvalue weighted by molar-refractivity contribution is 5.90. The molecule has 6 nitrogen and oxygen atoms in total. The molecule has 26 heavy (non-hydrogen) atoms. The predicted molar refractivity (Wildman–Crippen MR) is 92.3 cm³/mol. The first-order chi connectivity index (χ1) is 12.0. The molecule has 0 unspecified atom stereocenters. The largest absolute Gasteiger partial charge is 0.465 e. The average molecular weight is 370 g/mol. The molecule has 1 amide bonds. The highest BCUT2D eigenvalue weighted by atomic mass is 19.1. The van der Waals surface area contributed by atoms with Crippen LogP contribution in [0.25, 0.3) is 0 Å². The van der Waals surface area contributed by atoms with E-state index in [-0.39, 0.29) is 6.04 Å². The first-order valence-corrected chi connectivity index (χ1v) is 8.35. The molecule has 0 bridgehead atoms. The molecule has 1 atom stereocenters. The Hall–Kier alpha value is -2.38. The molecule has 1 fully saturated rings. The first-order valence-electron chi connectivity index (χ1n) is 8.35. The van der Waals surface area contributed by atoms with Gasteiger partial charge in [0.05, 0.1) is 7.11 Å². The van der Waals surface area contributed by atoms with E-state index in [1.807, 2.05) is 6.92 Å². The summed E-state index contributed by atoms with van der Waals surface area (Å²) in [6.07, 6.45) is -0.414. The summed E-state index contributed by atoms with van der Waals surface area (Å²) in [4.78, 5) is 27.1. The van der Waals surface area contributed by atoms with Gasteiger partial charge in [0.2, 0.25) is 0 Å². The van der Waals surface area contributed by atoms with Crippen LogP contribution < -0.4 is 4.90 Å². The Kier molecular flexibility index (Phi) is 5.73. The number of carbonyl (C=O) groups is 2. The molecule has 8 heteroatoms. The van der Waals surface area contributed by atoms with Gasteiger partial charge in [-0.2, -0.15) is 0 Å². The smallest absolute Gasteiger partial charge is 0.410 e. The van der Waals surface area contributed by atoms with Gasteiger partial charge in [0.25, 0.3) is 0 Å². The van der Waals surface area contributed by atoms with Gasteiger partial charge in [-0.25, -0.2) is 18.4 Å². The Morgan fingerprint density at radius 3 is 2.19 bits per heavy atom. The van der Waals surface area contributed by atoms with Crippen LogP contribution in [0.2, 0.25) is 0 Å². The molecule has 144 valence electrons. The number of esters is 1. The van der Waals surface area contributed by atoms with E-state index in [1.165, 1.54) is 0 Å². The Labute approximate surface area is 151 Å². The lowest BCUT2D eigenvalue weighted by Crippen LogP contribution is -2.55. The molecule has 0 saturated carbocycles. The second-order valence-electron chi connectivity index (χ2n) is 7.24. The van der Waals surface area contributed by atoms with Crippen LogP contribution in [0, 0.1) is 11.6 Å². The lowest BCUT2D eigenvalue weighted by atomic mass is 10.1. The number of benzene rings is 1. The molecule has 0 aliphatic carbocycles. The van der Waals surface area contributed by atoms with Crippen LogP contribution in [-0.2, 0) is 9.47 Å². The van der Waals surface area contributed by atoms with Crippen molar-refractivity contribution >= 4 is 17.7 Å². The third-order valence-electron chi connectivity index (χ3n) is 4.04. The molecule has 1 heterocycles. The number of nitrogens with zero attached hydrogens (tertiary/aromatic N) is 2. The molecular formula is C18H24F2N2O4. The van der Waals surface area contributed by atoms with Crippen LogP contribution in [0.5, 0.6) is 0 Å². The maximum absolute atomic E-state index is 14.1. The number of anilines is 1. The van der Waals surface area contributed by atoms with E-state index in [9.17, 15) is 18.4 Å².